The van der Waals surface area contributed by atoms with Gasteiger partial charge in [0.1, 0.15) is 5.82 Å². The number of piperazine rings is 1. The highest BCUT2D eigenvalue weighted by Gasteiger charge is 2.27. The Labute approximate surface area is 228 Å². The normalized spacial score (nSPS) is 18.6. The molecule has 1 saturated carbocycles. The van der Waals surface area contributed by atoms with Crippen molar-refractivity contribution in [1.82, 2.24) is 14.6 Å². The fraction of sp³-hybridized carbons (Fsp3) is 0.357. The second-order valence-electron chi connectivity index (χ2n) is 9.31. The monoisotopic (exact) mass is 584 g/mol. The summed E-state index contributed by atoms with van der Waals surface area (Å²) < 4.78 is 27.8. The quantitative estimate of drug-likeness (QED) is 0.404. The van der Waals surface area contributed by atoms with Crippen molar-refractivity contribution in [2.45, 2.75) is 49.1 Å². The molecule has 1 aliphatic heterocycles. The number of benzene rings is 2. The molecular formula is C28H33BrN4O3S. The van der Waals surface area contributed by atoms with Gasteiger partial charge in [0.2, 0.25) is 16.4 Å². The number of rotatable bonds is 6. The van der Waals surface area contributed by atoms with Crippen LogP contribution in [0, 0.1) is 0 Å². The Morgan fingerprint density at radius 3 is 2.24 bits per heavy atom. The molecular weight excluding hydrogens is 552 g/mol. The highest BCUT2D eigenvalue weighted by Crippen LogP contribution is 2.26. The lowest BCUT2D eigenvalue weighted by atomic mass is 9.96. The van der Waals surface area contributed by atoms with Crippen LogP contribution < -0.4 is 9.62 Å². The van der Waals surface area contributed by atoms with Crippen LogP contribution in [0.4, 0.5) is 5.82 Å². The van der Waals surface area contributed by atoms with E-state index >= 15 is 0 Å². The smallest absolute Gasteiger partial charge is 0.240 e. The van der Waals surface area contributed by atoms with Gasteiger partial charge in [-0.2, -0.15) is 0 Å². The summed E-state index contributed by atoms with van der Waals surface area (Å²) >= 11 is 3.30. The molecule has 2 heterocycles. The van der Waals surface area contributed by atoms with Crippen LogP contribution in [0.5, 0.6) is 0 Å². The third-order valence-corrected chi connectivity index (χ3v) is 8.83. The van der Waals surface area contributed by atoms with E-state index in [0.29, 0.717) is 4.90 Å². The molecule has 0 spiro atoms. The first kappa shape index (κ1) is 27.3. The Balaban J connectivity index is 0.000000176. The van der Waals surface area contributed by atoms with Crippen molar-refractivity contribution in [3.63, 3.8) is 0 Å². The van der Waals surface area contributed by atoms with Crippen LogP contribution in [0.2, 0.25) is 0 Å². The van der Waals surface area contributed by atoms with Gasteiger partial charge >= 0.3 is 0 Å². The summed E-state index contributed by atoms with van der Waals surface area (Å²) in [5.41, 5.74) is 1.17. The number of halogens is 1. The zero-order valence-electron chi connectivity index (χ0n) is 20.7. The third kappa shape index (κ3) is 7.63. The highest BCUT2D eigenvalue weighted by molar-refractivity contribution is 9.10. The molecule has 1 N–H and O–H groups in total. The van der Waals surface area contributed by atoms with Crippen LogP contribution in [0.25, 0.3) is 0 Å². The van der Waals surface area contributed by atoms with Crippen LogP contribution in [0.3, 0.4) is 0 Å². The van der Waals surface area contributed by atoms with Crippen LogP contribution >= 0.6 is 15.9 Å². The summed E-state index contributed by atoms with van der Waals surface area (Å²) in [6.45, 7) is 2.32. The van der Waals surface area contributed by atoms with Gasteiger partial charge in [-0.1, -0.05) is 71.6 Å². The van der Waals surface area contributed by atoms with E-state index in [0.717, 1.165) is 62.0 Å². The molecule has 2 aliphatic rings. The molecule has 0 radical (unpaired) electrons. The summed E-state index contributed by atoms with van der Waals surface area (Å²) in [6, 6.07) is 23.0. The molecule has 5 rings (SSSR count). The number of carbonyl (C=O) groups excluding carboxylic acids is 1. The number of nitrogens with one attached hydrogen (secondary N) is 1. The van der Waals surface area contributed by atoms with E-state index in [-0.39, 0.29) is 12.1 Å². The minimum Gasteiger partial charge on any atom is -0.352 e. The van der Waals surface area contributed by atoms with E-state index in [4.69, 9.17) is 0 Å². The topological polar surface area (TPSA) is 82.6 Å². The van der Waals surface area contributed by atoms with E-state index in [1.165, 1.54) is 12.0 Å². The van der Waals surface area contributed by atoms with Crippen LogP contribution in [0.1, 0.15) is 43.7 Å². The summed E-state index contributed by atoms with van der Waals surface area (Å²) in [7, 11) is -3.35. The van der Waals surface area contributed by atoms with Crippen molar-refractivity contribution < 1.29 is 13.2 Å². The SMILES string of the molecule is O=CN1CCN(c2ccccn2)C[C@@H]1c1ccccc1.O=S(=O)(NC1CCCCC1)c1ccc(Br)cc1. The largest absolute Gasteiger partial charge is 0.352 e. The van der Waals surface area contributed by atoms with E-state index < -0.39 is 10.0 Å². The first-order valence-electron chi connectivity index (χ1n) is 12.7. The highest BCUT2D eigenvalue weighted by atomic mass is 79.9. The number of hydrogen-bond acceptors (Lipinski definition) is 5. The van der Waals surface area contributed by atoms with Crippen LogP contribution in [-0.2, 0) is 14.8 Å². The minimum atomic E-state index is -3.35. The second-order valence-corrected chi connectivity index (χ2v) is 11.9. The summed E-state index contributed by atoms with van der Waals surface area (Å²) in [4.78, 5) is 20.1. The standard InChI is InChI=1S/C16H17N3O.C12H16BrNO2S/c20-13-19-11-10-18(16-8-4-5-9-17-16)12-15(19)14-6-2-1-3-7-14;13-10-6-8-12(9-7-10)17(15,16)14-11-4-2-1-3-5-11/h1-9,13,15H,10-12H2;6-9,11,14H,1-5H2/t15-;/m1./s1. The second kappa shape index (κ2) is 13.2. The van der Waals surface area contributed by atoms with Crippen molar-refractivity contribution in [3.05, 3.63) is 89.0 Å². The molecule has 2 aromatic carbocycles. The summed E-state index contributed by atoms with van der Waals surface area (Å²) in [5.74, 6) is 0.971. The van der Waals surface area contributed by atoms with Crippen LogP contribution in [0.15, 0.2) is 88.4 Å². The van der Waals surface area contributed by atoms with Gasteiger partial charge in [0.25, 0.3) is 0 Å². The molecule has 1 amide bonds. The lowest BCUT2D eigenvalue weighted by Gasteiger charge is -2.40. The molecule has 37 heavy (non-hydrogen) atoms. The maximum Gasteiger partial charge on any atom is 0.240 e. The van der Waals surface area contributed by atoms with E-state index in [2.05, 4.69) is 42.7 Å². The Bertz CT molecular complexity index is 1220. The first-order valence-corrected chi connectivity index (χ1v) is 14.9. The number of hydrogen-bond donors (Lipinski definition) is 1. The molecule has 3 aromatic rings. The van der Waals surface area contributed by atoms with Crippen LogP contribution in [-0.4, -0.2) is 50.4 Å². The van der Waals surface area contributed by atoms with Crippen molar-refractivity contribution >= 4 is 38.2 Å². The molecule has 0 unspecified atom stereocenters. The molecule has 7 nitrogen and oxygen atoms in total. The van der Waals surface area contributed by atoms with Gasteiger partial charge in [0, 0.05) is 36.3 Å². The third-order valence-electron chi connectivity index (χ3n) is 6.77. The lowest BCUT2D eigenvalue weighted by molar-refractivity contribution is -0.120. The molecule has 1 atom stereocenters. The average Bonchev–Trinajstić information content (AvgIpc) is 2.94. The fourth-order valence-electron chi connectivity index (χ4n) is 4.77. The molecule has 9 heteroatoms. The molecule has 1 aromatic heterocycles. The average molecular weight is 586 g/mol. The van der Waals surface area contributed by atoms with Crippen molar-refractivity contribution in [2.75, 3.05) is 24.5 Å². The van der Waals surface area contributed by atoms with E-state index in [1.54, 1.807) is 30.5 Å². The minimum absolute atomic E-state index is 0.0875. The van der Waals surface area contributed by atoms with Gasteiger partial charge in [0.15, 0.2) is 0 Å². The molecule has 0 bridgehead atoms. The Kier molecular flexibility index (Phi) is 9.71. The zero-order valence-corrected chi connectivity index (χ0v) is 23.1. The maximum atomic E-state index is 12.1. The first-order chi connectivity index (χ1) is 18.0. The molecule has 2 fully saturated rings. The number of nitrogens with zero attached hydrogens (tertiary/aromatic N) is 3. The molecule has 1 aliphatic carbocycles. The Morgan fingerprint density at radius 2 is 1.59 bits per heavy atom. The number of pyridine rings is 1. The van der Waals surface area contributed by atoms with Crippen molar-refractivity contribution in [3.8, 4) is 0 Å². The predicted octanol–water partition coefficient (Wildman–Crippen LogP) is 5.16. The maximum absolute atomic E-state index is 12.1. The van der Waals surface area contributed by atoms with Gasteiger partial charge < -0.3 is 9.80 Å². The van der Waals surface area contributed by atoms with Crippen molar-refractivity contribution in [2.24, 2.45) is 0 Å². The number of sulfonamides is 1. The van der Waals surface area contributed by atoms with E-state index in [1.807, 2.05) is 41.3 Å². The van der Waals surface area contributed by atoms with Gasteiger partial charge in [0.05, 0.1) is 10.9 Å². The predicted molar refractivity (Wildman–Crippen MR) is 150 cm³/mol. The lowest BCUT2D eigenvalue weighted by Crippen LogP contribution is -2.48. The number of amides is 1. The van der Waals surface area contributed by atoms with E-state index in [9.17, 15) is 13.2 Å². The van der Waals surface area contributed by atoms with Gasteiger partial charge in [-0.3, -0.25) is 4.79 Å². The summed E-state index contributed by atoms with van der Waals surface area (Å²) in [6.07, 6.45) is 8.12. The Hall–Kier alpha value is -2.75. The van der Waals surface area contributed by atoms with Gasteiger partial charge in [-0.25, -0.2) is 18.1 Å². The van der Waals surface area contributed by atoms with Crippen molar-refractivity contribution in [1.29, 1.82) is 0 Å². The molecule has 196 valence electrons. The fourth-order valence-corrected chi connectivity index (χ4v) is 6.34. The zero-order chi connectivity index (χ0) is 26.1. The number of anilines is 1. The Morgan fingerprint density at radius 1 is 0.892 bits per heavy atom. The van der Waals surface area contributed by atoms with Gasteiger partial charge in [-0.05, 0) is 54.8 Å². The van der Waals surface area contributed by atoms with Gasteiger partial charge in [-0.15, -0.1) is 0 Å². The summed E-state index contributed by atoms with van der Waals surface area (Å²) in [5, 5.41) is 0. The number of aromatic nitrogens is 1. The number of carbonyl (C=O) groups is 1. The molecule has 1 saturated heterocycles.